The van der Waals surface area contributed by atoms with Gasteiger partial charge in [0.25, 0.3) is 0 Å². The van der Waals surface area contributed by atoms with Crippen molar-refractivity contribution in [3.63, 3.8) is 0 Å². The van der Waals surface area contributed by atoms with Gasteiger partial charge in [0.15, 0.2) is 17.4 Å². The smallest absolute Gasteiger partial charge is 0.222 e. The van der Waals surface area contributed by atoms with Gasteiger partial charge in [-0.05, 0) is 12.1 Å². The number of hydrogen-bond donors (Lipinski definition) is 3. The molecule has 0 saturated heterocycles. The molecule has 3 aromatic heterocycles. The van der Waals surface area contributed by atoms with E-state index in [4.69, 9.17) is 14.6 Å². The van der Waals surface area contributed by atoms with Crippen molar-refractivity contribution in [1.82, 2.24) is 24.7 Å². The zero-order valence-electron chi connectivity index (χ0n) is 22.1. The van der Waals surface area contributed by atoms with Gasteiger partial charge in [-0.25, -0.2) is 23.7 Å². The molecule has 0 atom stereocenters. The summed E-state index contributed by atoms with van der Waals surface area (Å²) in [6.45, 7) is 0.819. The van der Waals surface area contributed by atoms with Gasteiger partial charge in [0.2, 0.25) is 5.91 Å². The molecule has 0 aliphatic heterocycles. The number of nitrogens with one attached hydrogen (secondary N) is 2. The molecule has 0 bridgehead atoms. The van der Waals surface area contributed by atoms with Crippen LogP contribution in [0.1, 0.15) is 12.5 Å². The van der Waals surface area contributed by atoms with E-state index in [1.54, 1.807) is 24.3 Å². The van der Waals surface area contributed by atoms with Gasteiger partial charge in [0, 0.05) is 48.0 Å². The number of aliphatic hydroxyl groups is 1. The zero-order chi connectivity index (χ0) is 28.9. The van der Waals surface area contributed by atoms with Crippen LogP contribution in [0.3, 0.4) is 0 Å². The molecular formula is C28H25F2N7O4. The number of benzene rings is 2. The van der Waals surface area contributed by atoms with Crippen LogP contribution in [0.2, 0.25) is 0 Å². The fraction of sp³-hybridized carbons (Fsp3) is 0.179. The van der Waals surface area contributed by atoms with E-state index in [1.807, 2.05) is 12.1 Å². The first kappa shape index (κ1) is 27.4. The number of pyridine rings is 1. The molecule has 0 unspecified atom stereocenters. The van der Waals surface area contributed by atoms with E-state index in [2.05, 4.69) is 30.7 Å². The van der Waals surface area contributed by atoms with E-state index in [0.717, 1.165) is 12.1 Å². The number of fused-ring (bicyclic) bond motifs is 1. The first-order chi connectivity index (χ1) is 19.9. The van der Waals surface area contributed by atoms with Crippen LogP contribution in [-0.4, -0.2) is 56.1 Å². The molecule has 2 aromatic carbocycles. The minimum atomic E-state index is -0.803. The second kappa shape index (κ2) is 11.9. The fourth-order valence-electron chi connectivity index (χ4n) is 4.16. The third-order valence-corrected chi connectivity index (χ3v) is 5.95. The lowest BCUT2D eigenvalue weighted by Crippen LogP contribution is -2.08. The molecule has 11 nitrogen and oxygen atoms in total. The third-order valence-electron chi connectivity index (χ3n) is 5.95. The lowest BCUT2D eigenvalue weighted by Gasteiger charge is -2.12. The highest BCUT2D eigenvalue weighted by Crippen LogP contribution is 2.32. The van der Waals surface area contributed by atoms with E-state index < -0.39 is 11.6 Å². The Morgan fingerprint density at radius 3 is 2.61 bits per heavy atom. The number of aliphatic hydroxyl groups excluding tert-OH is 1. The van der Waals surface area contributed by atoms with Gasteiger partial charge >= 0.3 is 0 Å². The van der Waals surface area contributed by atoms with Crippen molar-refractivity contribution in [2.45, 2.75) is 13.5 Å². The van der Waals surface area contributed by atoms with Crippen molar-refractivity contribution in [2.24, 2.45) is 0 Å². The standard InChI is InChI=1S/C28H25F2N7O4/c1-16(39)33-25-11-17(7-8-31-25)34-27-24(40-2)14-32-28(35-27)26-19-5-3-4-6-23(19)37(36-26)15-20-21(29)12-18(13-22(20)30)41-10-9-38/h3-8,11-14,38H,9-10,15H2,1-2H3,(H2,31,32,33,34,35,39). The highest BCUT2D eigenvalue weighted by Gasteiger charge is 2.20. The number of amides is 1. The molecule has 0 radical (unpaired) electrons. The van der Waals surface area contributed by atoms with Crippen molar-refractivity contribution in [3.05, 3.63) is 78.1 Å². The molecule has 5 aromatic rings. The normalized spacial score (nSPS) is 11.0. The summed E-state index contributed by atoms with van der Waals surface area (Å²) in [5, 5.41) is 20.0. The third kappa shape index (κ3) is 6.04. The molecule has 3 heterocycles. The molecule has 3 N–H and O–H groups in total. The summed E-state index contributed by atoms with van der Waals surface area (Å²) < 4.78 is 41.8. The second-order valence-corrected chi connectivity index (χ2v) is 8.81. The molecule has 41 heavy (non-hydrogen) atoms. The predicted molar refractivity (Wildman–Crippen MR) is 147 cm³/mol. The van der Waals surface area contributed by atoms with Crippen molar-refractivity contribution in [1.29, 1.82) is 0 Å². The summed E-state index contributed by atoms with van der Waals surface area (Å²) in [6.07, 6.45) is 3.01. The van der Waals surface area contributed by atoms with Crippen molar-refractivity contribution in [2.75, 3.05) is 31.0 Å². The highest BCUT2D eigenvalue weighted by molar-refractivity contribution is 5.92. The van der Waals surface area contributed by atoms with Crippen LogP contribution in [0.15, 0.2) is 60.9 Å². The maximum Gasteiger partial charge on any atom is 0.222 e. The molecule has 0 fully saturated rings. The van der Waals surface area contributed by atoms with Crippen molar-refractivity contribution in [3.8, 4) is 23.0 Å². The Morgan fingerprint density at radius 2 is 1.88 bits per heavy atom. The number of rotatable bonds is 10. The summed E-state index contributed by atoms with van der Waals surface area (Å²) in [6, 6.07) is 12.7. The van der Waals surface area contributed by atoms with E-state index >= 15 is 0 Å². The number of methoxy groups -OCH3 is 1. The number of hydrogen-bond acceptors (Lipinski definition) is 9. The van der Waals surface area contributed by atoms with E-state index in [9.17, 15) is 13.6 Å². The average molecular weight is 562 g/mol. The van der Waals surface area contributed by atoms with Gasteiger partial charge in [0.1, 0.15) is 35.5 Å². The van der Waals surface area contributed by atoms with E-state index in [0.29, 0.717) is 39.7 Å². The number of ether oxygens (including phenoxy) is 2. The summed E-state index contributed by atoms with van der Waals surface area (Å²) >= 11 is 0. The van der Waals surface area contributed by atoms with Gasteiger partial charge in [0.05, 0.1) is 32.0 Å². The van der Waals surface area contributed by atoms with Crippen LogP contribution in [0.5, 0.6) is 11.5 Å². The topological polar surface area (TPSA) is 136 Å². The van der Waals surface area contributed by atoms with Gasteiger partial charge < -0.3 is 25.2 Å². The first-order valence-electron chi connectivity index (χ1n) is 12.5. The van der Waals surface area contributed by atoms with Crippen molar-refractivity contribution < 1.29 is 28.2 Å². The Balaban J connectivity index is 1.51. The van der Waals surface area contributed by atoms with Crippen LogP contribution < -0.4 is 20.1 Å². The van der Waals surface area contributed by atoms with Crippen LogP contribution in [-0.2, 0) is 11.3 Å². The highest BCUT2D eigenvalue weighted by atomic mass is 19.1. The largest absolute Gasteiger partial charge is 0.491 e. The number of anilines is 3. The summed E-state index contributed by atoms with van der Waals surface area (Å²) in [7, 11) is 1.48. The monoisotopic (exact) mass is 561 g/mol. The van der Waals surface area contributed by atoms with Gasteiger partial charge in [-0.3, -0.25) is 9.48 Å². The number of halogens is 2. The van der Waals surface area contributed by atoms with Crippen LogP contribution in [0.25, 0.3) is 22.4 Å². The van der Waals surface area contributed by atoms with Gasteiger partial charge in [-0.1, -0.05) is 18.2 Å². The number of nitrogens with zero attached hydrogens (tertiary/aromatic N) is 5. The quantitative estimate of drug-likeness (QED) is 0.228. The number of para-hydroxylation sites is 1. The van der Waals surface area contributed by atoms with Crippen LogP contribution in [0, 0.1) is 11.6 Å². The summed E-state index contributed by atoms with van der Waals surface area (Å²) in [5.41, 5.74) is 1.39. The first-order valence-corrected chi connectivity index (χ1v) is 12.5. The molecule has 1 amide bonds. The lowest BCUT2D eigenvalue weighted by molar-refractivity contribution is -0.114. The maximum absolute atomic E-state index is 14.9. The Labute approximate surface area is 232 Å². The molecule has 0 spiro atoms. The summed E-state index contributed by atoms with van der Waals surface area (Å²) in [4.78, 5) is 24.6. The van der Waals surface area contributed by atoms with E-state index in [1.165, 1.54) is 31.1 Å². The number of carbonyl (C=O) groups is 1. The molecule has 0 aliphatic rings. The molecule has 13 heteroatoms. The lowest BCUT2D eigenvalue weighted by atomic mass is 10.1. The Hall–Kier alpha value is -5.17. The van der Waals surface area contributed by atoms with Crippen LogP contribution in [0.4, 0.5) is 26.1 Å². The number of aromatic nitrogens is 5. The molecule has 210 valence electrons. The Morgan fingerprint density at radius 1 is 1.10 bits per heavy atom. The molecule has 0 aliphatic carbocycles. The minimum absolute atomic E-state index is 0.0196. The van der Waals surface area contributed by atoms with Gasteiger partial charge in [-0.2, -0.15) is 5.10 Å². The molecular weight excluding hydrogens is 536 g/mol. The van der Waals surface area contributed by atoms with Crippen molar-refractivity contribution >= 4 is 34.1 Å². The van der Waals surface area contributed by atoms with Gasteiger partial charge in [-0.15, -0.1) is 0 Å². The Kier molecular flexibility index (Phi) is 7.97. The SMILES string of the molecule is COc1cnc(-c2nn(Cc3c(F)cc(OCCO)cc3F)c3ccccc23)nc1Nc1ccnc(NC(C)=O)c1. The molecule has 5 rings (SSSR count). The minimum Gasteiger partial charge on any atom is -0.491 e. The second-order valence-electron chi connectivity index (χ2n) is 8.81. The Bertz CT molecular complexity index is 1700. The average Bonchev–Trinajstić information content (AvgIpc) is 3.32. The van der Waals surface area contributed by atoms with E-state index in [-0.39, 0.29) is 42.8 Å². The van der Waals surface area contributed by atoms with Crippen LogP contribution >= 0.6 is 0 Å². The molecule has 0 saturated carbocycles. The number of carbonyl (C=O) groups excluding carboxylic acids is 1. The maximum atomic E-state index is 14.9. The summed E-state index contributed by atoms with van der Waals surface area (Å²) in [5.74, 6) is -0.612. The fourth-order valence-corrected chi connectivity index (χ4v) is 4.16. The predicted octanol–water partition coefficient (Wildman–Crippen LogP) is 4.30. The zero-order valence-corrected chi connectivity index (χ0v) is 22.1.